The summed E-state index contributed by atoms with van der Waals surface area (Å²) in [6, 6.07) is -43.6. The molecule has 65 heavy (non-hydrogen) atoms. The maximum Gasteiger partial charge on any atom is 0.0645 e. The van der Waals surface area contributed by atoms with Gasteiger partial charge in [0, 0.05) is 53.4 Å². The summed E-state index contributed by atoms with van der Waals surface area (Å²) in [5.41, 5.74) is -12.1. The molecule has 13 rings (SSSR count). The molecule has 11 aromatic carbocycles. The monoisotopic (exact) mass is 885 g/mol. The lowest BCUT2D eigenvalue weighted by molar-refractivity contribution is 1.18. The molecule has 13 aromatic rings. The minimum atomic E-state index is -1.42. The van der Waals surface area contributed by atoms with E-state index < -0.39 is 361 Å². The number of hydrogen-bond donors (Lipinski definition) is 0. The summed E-state index contributed by atoms with van der Waals surface area (Å²) in [6.45, 7) is 0. The quantitative estimate of drug-likeness (QED) is 0.155. The molecule has 0 unspecified atom stereocenters. The van der Waals surface area contributed by atoms with Crippen molar-refractivity contribution in [1.82, 2.24) is 4.57 Å². The van der Waals surface area contributed by atoms with Crippen LogP contribution in [0.1, 0.15) is 54.8 Å². The molecule has 0 aliphatic rings. The van der Waals surface area contributed by atoms with Crippen LogP contribution in [0.4, 0.5) is 17.1 Å². The zero-order valence-corrected chi connectivity index (χ0v) is 33.1. The summed E-state index contributed by atoms with van der Waals surface area (Å²) in [4.78, 5) is 0.321. The Morgan fingerprint density at radius 2 is 0.846 bits per heavy atom. The largest absolute Gasteiger partial charge is 0.310 e. The molecule has 0 amide bonds. The maximum atomic E-state index is 10.5. The van der Waals surface area contributed by atoms with E-state index in [9.17, 15) is 28.8 Å². The molecule has 0 N–H and O–H groups in total. The van der Waals surface area contributed by atoms with Crippen molar-refractivity contribution in [3.05, 3.63) is 242 Å². The first-order valence-corrected chi connectivity index (χ1v) is 19.8. The van der Waals surface area contributed by atoms with Crippen LogP contribution in [0.15, 0.2) is 242 Å². The van der Waals surface area contributed by atoms with Gasteiger partial charge in [-0.05, 0) is 110 Å². The van der Waals surface area contributed by atoms with Crippen LogP contribution in [0.5, 0.6) is 0 Å². The van der Waals surface area contributed by atoms with E-state index in [1.54, 1.807) is 0 Å². The number of rotatable bonds is 7. The average molecular weight is 885 g/mol. The first-order chi connectivity index (χ1) is 48.9. The van der Waals surface area contributed by atoms with E-state index in [2.05, 4.69) is 0 Å². The van der Waals surface area contributed by atoms with E-state index in [1.165, 1.54) is 0 Å². The van der Waals surface area contributed by atoms with Gasteiger partial charge in [-0.1, -0.05) is 175 Å². The molecule has 0 saturated carbocycles. The third kappa shape index (κ3) is 6.24. The van der Waals surface area contributed by atoms with Gasteiger partial charge in [-0.15, -0.1) is 11.3 Å². The summed E-state index contributed by atoms with van der Waals surface area (Å²) in [5.74, 6) is 0. The van der Waals surface area contributed by atoms with Crippen molar-refractivity contribution >= 4 is 91.9 Å². The highest BCUT2D eigenvalue weighted by Gasteiger charge is 2.23. The van der Waals surface area contributed by atoms with Crippen molar-refractivity contribution in [2.75, 3.05) is 4.90 Å². The summed E-state index contributed by atoms with van der Waals surface area (Å²) < 4.78 is 370. The van der Waals surface area contributed by atoms with Gasteiger partial charge in [-0.25, -0.2) is 0 Å². The van der Waals surface area contributed by atoms with Gasteiger partial charge in [0.05, 0.1) is 77.2 Å². The molecule has 0 aliphatic carbocycles. The van der Waals surface area contributed by atoms with Crippen LogP contribution in [0.25, 0.3) is 103 Å². The van der Waals surface area contributed by atoms with Crippen molar-refractivity contribution in [2.45, 2.75) is 0 Å². The minimum absolute atomic E-state index is 0.289. The van der Waals surface area contributed by atoms with Crippen LogP contribution in [-0.2, 0) is 0 Å². The zero-order chi connectivity index (χ0) is 77.7. The predicted molar refractivity (Wildman–Crippen MR) is 280 cm³/mol. The Morgan fingerprint density at radius 1 is 0.369 bits per heavy atom. The molecule has 304 valence electrons. The predicted octanol–water partition coefficient (Wildman–Crippen LogP) is 17.9. The third-order valence-corrected chi connectivity index (χ3v) is 11.3. The van der Waals surface area contributed by atoms with Gasteiger partial charge in [-0.2, -0.15) is 0 Å². The molecule has 3 heteroatoms. The summed E-state index contributed by atoms with van der Waals surface area (Å²) >= 11 is 0.289. The Labute approximate surface area is 437 Å². The lowest BCUT2D eigenvalue weighted by Crippen LogP contribution is -2.10. The van der Waals surface area contributed by atoms with E-state index >= 15 is 0 Å². The molecular weight excluding hydrogens is 805 g/mol. The Balaban J connectivity index is 1.27. The van der Waals surface area contributed by atoms with Crippen LogP contribution in [0.2, 0.25) is 0 Å². The van der Waals surface area contributed by atoms with Gasteiger partial charge < -0.3 is 9.47 Å². The lowest BCUT2D eigenvalue weighted by atomic mass is 9.97. The van der Waals surface area contributed by atoms with Gasteiger partial charge >= 0.3 is 0 Å². The number of para-hydroxylation sites is 3. The summed E-state index contributed by atoms with van der Waals surface area (Å²) in [7, 11) is 0. The van der Waals surface area contributed by atoms with E-state index in [0.29, 0.717) is 9.47 Å². The third-order valence-electron chi connectivity index (χ3n) is 10.2. The number of anilines is 3. The van der Waals surface area contributed by atoms with Gasteiger partial charge in [0.2, 0.25) is 0 Å². The number of aromatic nitrogens is 1. The topological polar surface area (TPSA) is 8.17 Å². The smallest absolute Gasteiger partial charge is 0.0645 e. The van der Waals surface area contributed by atoms with Crippen molar-refractivity contribution in [2.24, 2.45) is 0 Å². The van der Waals surface area contributed by atoms with Crippen molar-refractivity contribution < 1.29 is 54.8 Å². The lowest BCUT2D eigenvalue weighted by Gasteiger charge is -2.27. The second kappa shape index (κ2) is 15.2. The highest BCUT2D eigenvalue weighted by molar-refractivity contribution is 7.26. The molecule has 0 radical (unpaired) electrons. The van der Waals surface area contributed by atoms with E-state index in [-0.39, 0.29) is 11.3 Å². The normalized spacial score (nSPS) is 20.3. The molecule has 0 fully saturated rings. The molecule has 0 aliphatic heterocycles. The number of hydrogen-bond acceptors (Lipinski definition) is 2. The number of benzene rings is 11. The van der Waals surface area contributed by atoms with Gasteiger partial charge in [0.15, 0.2) is 0 Å². The van der Waals surface area contributed by atoms with Crippen LogP contribution < -0.4 is 4.90 Å². The molecular formula is C62H40N2S. The van der Waals surface area contributed by atoms with Crippen LogP contribution in [0.3, 0.4) is 0 Å². The maximum absolute atomic E-state index is 10.5. The zero-order valence-electron chi connectivity index (χ0n) is 72.3. The van der Waals surface area contributed by atoms with E-state index in [0.717, 1.165) is 0 Å². The fraction of sp³-hybridized carbons (Fsp3) is 0. The summed E-state index contributed by atoms with van der Waals surface area (Å²) in [6.07, 6.45) is 0. The SMILES string of the molecule is [2H]c1c([2H])c([2H])c(-n2c3c([2H])c([2H])c([2H])c([2H])c3c3c([2H])c([2H])c([2H])c([2H])c32)c(-c2c([2H])c([2H])c(N(c3c([2H])c([2H])c(-c4c([2H])c([2H])c5c([2H])c([2H])c([2H])c([2H])c5c4[2H])c([2H])c3[2H])c3c([2H])c([2H])c(-c4c([2H])c([2H])c5c([2H])c([2H])c([2H])c([2H])c5c4[2H])c([2H])c3[2H])c3c2sc2c([2H])c([2H])c([2H])c([2H])c23)c1[2H]. The minimum Gasteiger partial charge on any atom is -0.310 e. The second-order valence-corrected chi connectivity index (χ2v) is 14.8. The summed E-state index contributed by atoms with van der Waals surface area (Å²) in [5, 5.41) is -5.60. The van der Waals surface area contributed by atoms with Crippen LogP contribution in [0, 0.1) is 0 Å². The number of fused-ring (bicyclic) bond motifs is 8. The Morgan fingerprint density at radius 3 is 1.45 bits per heavy atom. The number of nitrogens with zero attached hydrogens (tertiary/aromatic N) is 2. The fourth-order valence-electron chi connectivity index (χ4n) is 7.34. The highest BCUT2D eigenvalue weighted by atomic mass is 32.1. The van der Waals surface area contributed by atoms with Crippen molar-refractivity contribution in [1.29, 1.82) is 0 Å². The van der Waals surface area contributed by atoms with E-state index in [4.69, 9.17) is 26.0 Å². The highest BCUT2D eigenvalue weighted by Crippen LogP contribution is 2.50. The van der Waals surface area contributed by atoms with Crippen LogP contribution in [-0.4, -0.2) is 4.57 Å². The molecule has 0 spiro atoms. The first-order valence-electron chi connectivity index (χ1n) is 39.0. The van der Waals surface area contributed by atoms with E-state index in [1.807, 2.05) is 0 Å². The van der Waals surface area contributed by atoms with Gasteiger partial charge in [0.25, 0.3) is 0 Å². The molecule has 0 saturated heterocycles. The Hall–Kier alpha value is -8.24. The van der Waals surface area contributed by atoms with Crippen molar-refractivity contribution in [3.8, 4) is 39.1 Å². The fourth-order valence-corrected chi connectivity index (χ4v) is 8.46. The molecule has 0 bridgehead atoms. The second-order valence-electron chi connectivity index (χ2n) is 13.8. The van der Waals surface area contributed by atoms with Gasteiger partial charge in [-0.3, -0.25) is 0 Å². The van der Waals surface area contributed by atoms with Gasteiger partial charge in [0.1, 0.15) is 0 Å². The first kappa shape index (κ1) is 14.9. The number of thiophene rings is 1. The van der Waals surface area contributed by atoms with Crippen molar-refractivity contribution in [3.63, 3.8) is 0 Å². The molecule has 2 heterocycles. The molecule has 2 aromatic heterocycles. The molecule has 2 nitrogen and oxygen atoms in total. The standard InChI is InChI=1S/C62H40N2S/c1-3-15-45-39-47(27-25-41(45)13-1)43-29-33-49(34-30-43)63(50-35-31-44(32-36-50)48-28-26-42-14-2-4-16-46(42)40-48)59-38-37-54(62-61(59)55-20-8-12-24-60(55)65-62)53-19-7-11-23-58(53)64-56-21-9-5-17-51(56)52-18-6-10-22-57(52)64/h1-40H/i1D,2D,3D,4D,5D,6D,7D,8D,9D,10D,11D,12D,13D,14D,15D,16D,17D,18D,19D,20D,21D,22D,23D,24D,25D,26D,27D,28D,29D,30D,31D,32D,33D,34D,35D,36D,37D,38D,39D,40D. The average Bonchev–Trinajstić information content (AvgIpc) is 1.59. The Bertz CT molecular complexity index is 6030. The molecule has 0 atom stereocenters. The van der Waals surface area contributed by atoms with Crippen LogP contribution >= 0.6 is 11.3 Å². The Kier molecular flexibility index (Phi) is 3.50.